The first-order chi connectivity index (χ1) is 15.2. The predicted octanol–water partition coefficient (Wildman–Crippen LogP) is 4.29. The van der Waals surface area contributed by atoms with Crippen LogP contribution in [0.4, 0.5) is 0 Å². The summed E-state index contributed by atoms with van der Waals surface area (Å²) in [6.45, 7) is 3.88. The summed E-state index contributed by atoms with van der Waals surface area (Å²) in [7, 11) is 0. The highest BCUT2D eigenvalue weighted by Crippen LogP contribution is 2.44. The third-order valence-electron chi connectivity index (χ3n) is 5.65. The molecule has 156 valence electrons. The van der Waals surface area contributed by atoms with Gasteiger partial charge in [-0.2, -0.15) is 0 Å². The number of allylic oxidation sites excluding steroid dienone is 1. The third-order valence-corrected chi connectivity index (χ3v) is 5.65. The summed E-state index contributed by atoms with van der Waals surface area (Å²) in [5.74, 6) is 3.55. The van der Waals surface area contributed by atoms with Gasteiger partial charge >= 0.3 is 0 Å². The fourth-order valence-corrected chi connectivity index (χ4v) is 4.18. The average molecular weight is 417 g/mol. The molecule has 3 aliphatic heterocycles. The molecule has 0 radical (unpaired) electrons. The number of hydrogen-bond acceptors (Lipinski definition) is 7. The molecule has 2 aromatic carbocycles. The molecule has 7 nitrogen and oxygen atoms in total. The van der Waals surface area contributed by atoms with Crippen molar-refractivity contribution in [3.63, 3.8) is 0 Å². The molecule has 31 heavy (non-hydrogen) atoms. The standard InChI is InChI=1S/C24H19NO6/c1-14-7-19-17(24-22(14)23(26)21(31-24)9-16-3-2-6-27-16)11-25(12-28-19)10-15-4-5-18-20(8-15)30-13-29-18/h2-9H,10-13H2,1H3/b21-9-. The molecule has 0 aliphatic carbocycles. The van der Waals surface area contributed by atoms with E-state index in [4.69, 9.17) is 23.4 Å². The predicted molar refractivity (Wildman–Crippen MR) is 110 cm³/mol. The molecule has 7 heteroatoms. The minimum atomic E-state index is -0.139. The Labute approximate surface area is 178 Å². The van der Waals surface area contributed by atoms with Gasteiger partial charge in [-0.1, -0.05) is 6.07 Å². The van der Waals surface area contributed by atoms with Crippen molar-refractivity contribution in [2.75, 3.05) is 13.5 Å². The Morgan fingerprint density at radius 2 is 1.97 bits per heavy atom. The first kappa shape index (κ1) is 18.1. The Kier molecular flexibility index (Phi) is 4.04. The van der Waals surface area contributed by atoms with E-state index in [1.807, 2.05) is 31.2 Å². The monoisotopic (exact) mass is 417 g/mol. The highest BCUT2D eigenvalue weighted by molar-refractivity contribution is 6.15. The highest BCUT2D eigenvalue weighted by atomic mass is 16.7. The van der Waals surface area contributed by atoms with E-state index in [0.29, 0.717) is 36.9 Å². The van der Waals surface area contributed by atoms with Crippen LogP contribution in [0.1, 0.15) is 32.8 Å². The Bertz CT molecular complexity index is 1230. The average Bonchev–Trinajstić information content (AvgIpc) is 3.50. The van der Waals surface area contributed by atoms with Crippen LogP contribution < -0.4 is 18.9 Å². The molecule has 3 aromatic rings. The molecule has 0 N–H and O–H groups in total. The summed E-state index contributed by atoms with van der Waals surface area (Å²) in [5, 5.41) is 0. The van der Waals surface area contributed by atoms with Crippen LogP contribution in [0.3, 0.4) is 0 Å². The van der Waals surface area contributed by atoms with E-state index >= 15 is 0 Å². The van der Waals surface area contributed by atoms with Gasteiger partial charge in [0.05, 0.1) is 17.4 Å². The second-order valence-electron chi connectivity index (χ2n) is 7.78. The smallest absolute Gasteiger partial charge is 0.232 e. The van der Waals surface area contributed by atoms with Crippen LogP contribution >= 0.6 is 0 Å². The van der Waals surface area contributed by atoms with Crippen molar-refractivity contribution in [2.24, 2.45) is 0 Å². The number of furan rings is 1. The molecule has 0 atom stereocenters. The van der Waals surface area contributed by atoms with E-state index in [-0.39, 0.29) is 18.3 Å². The van der Waals surface area contributed by atoms with Gasteiger partial charge in [0.25, 0.3) is 0 Å². The van der Waals surface area contributed by atoms with Crippen LogP contribution in [0.15, 0.2) is 52.8 Å². The molecular weight excluding hydrogens is 398 g/mol. The van der Waals surface area contributed by atoms with Gasteiger partial charge in [-0.05, 0) is 48.4 Å². The van der Waals surface area contributed by atoms with Gasteiger partial charge in [-0.3, -0.25) is 9.69 Å². The fourth-order valence-electron chi connectivity index (χ4n) is 4.18. The lowest BCUT2D eigenvalue weighted by atomic mass is 9.98. The van der Waals surface area contributed by atoms with E-state index < -0.39 is 0 Å². The Hall–Kier alpha value is -3.71. The van der Waals surface area contributed by atoms with Crippen molar-refractivity contribution in [2.45, 2.75) is 20.0 Å². The lowest BCUT2D eigenvalue weighted by Gasteiger charge is -2.30. The molecule has 0 spiro atoms. The number of nitrogens with zero attached hydrogens (tertiary/aromatic N) is 1. The number of ketones is 1. The van der Waals surface area contributed by atoms with E-state index in [2.05, 4.69) is 4.90 Å². The minimum absolute atomic E-state index is 0.139. The molecule has 4 heterocycles. The molecule has 0 saturated carbocycles. The second-order valence-corrected chi connectivity index (χ2v) is 7.78. The lowest BCUT2D eigenvalue weighted by molar-refractivity contribution is 0.0871. The van der Waals surface area contributed by atoms with Gasteiger partial charge in [0.15, 0.2) is 17.3 Å². The zero-order chi connectivity index (χ0) is 20.9. The number of fused-ring (bicyclic) bond motifs is 4. The summed E-state index contributed by atoms with van der Waals surface area (Å²) in [6.07, 6.45) is 3.19. The topological polar surface area (TPSA) is 70.4 Å². The van der Waals surface area contributed by atoms with Gasteiger partial charge < -0.3 is 23.4 Å². The van der Waals surface area contributed by atoms with Crippen LogP contribution in [-0.4, -0.2) is 24.2 Å². The van der Waals surface area contributed by atoms with Gasteiger partial charge in [0, 0.05) is 19.2 Å². The van der Waals surface area contributed by atoms with Gasteiger partial charge in [-0.25, -0.2) is 0 Å². The van der Waals surface area contributed by atoms with Crippen LogP contribution in [0.25, 0.3) is 6.08 Å². The SMILES string of the molecule is Cc1cc2c(c3c1C(=O)/C(=C/c1ccco1)O3)CN(Cc1ccc3c(c1)OCO3)CO2. The Balaban J connectivity index is 1.30. The molecule has 0 bridgehead atoms. The number of rotatable bonds is 3. The molecule has 6 rings (SSSR count). The normalized spacial score (nSPS) is 18.0. The fraction of sp³-hybridized carbons (Fsp3) is 0.208. The van der Waals surface area contributed by atoms with Crippen molar-refractivity contribution in [1.82, 2.24) is 4.90 Å². The first-order valence-electron chi connectivity index (χ1n) is 10.0. The molecule has 0 unspecified atom stereocenters. The van der Waals surface area contributed by atoms with Crippen molar-refractivity contribution >= 4 is 11.9 Å². The van der Waals surface area contributed by atoms with Crippen LogP contribution in [0.2, 0.25) is 0 Å². The van der Waals surface area contributed by atoms with Crippen LogP contribution in [-0.2, 0) is 13.1 Å². The third kappa shape index (κ3) is 3.05. The first-order valence-corrected chi connectivity index (χ1v) is 10.0. The van der Waals surface area contributed by atoms with E-state index in [0.717, 1.165) is 33.9 Å². The minimum Gasteiger partial charge on any atom is -0.478 e. The zero-order valence-corrected chi connectivity index (χ0v) is 16.8. The summed E-state index contributed by atoms with van der Waals surface area (Å²) in [4.78, 5) is 15.1. The number of aryl methyl sites for hydroxylation is 1. The summed E-state index contributed by atoms with van der Waals surface area (Å²) in [5.41, 5.74) is 3.40. The lowest BCUT2D eigenvalue weighted by Crippen LogP contribution is -2.31. The number of hydrogen-bond donors (Lipinski definition) is 0. The van der Waals surface area contributed by atoms with Gasteiger partial charge in [-0.15, -0.1) is 0 Å². The molecule has 0 fully saturated rings. The number of Topliss-reactive ketones (excluding diaryl/α,β-unsaturated/α-hetero) is 1. The maximum atomic E-state index is 13.0. The largest absolute Gasteiger partial charge is 0.478 e. The molecule has 0 amide bonds. The molecular formula is C24H19NO6. The van der Waals surface area contributed by atoms with Crippen molar-refractivity contribution in [3.05, 3.63) is 76.4 Å². The number of carbonyl (C=O) groups is 1. The molecule has 3 aliphatic rings. The molecule has 1 aromatic heterocycles. The maximum Gasteiger partial charge on any atom is 0.232 e. The zero-order valence-electron chi connectivity index (χ0n) is 16.8. The van der Waals surface area contributed by atoms with Crippen molar-refractivity contribution < 1.29 is 28.2 Å². The Morgan fingerprint density at radius 1 is 1.06 bits per heavy atom. The van der Waals surface area contributed by atoms with Crippen molar-refractivity contribution in [1.29, 1.82) is 0 Å². The van der Waals surface area contributed by atoms with E-state index in [1.54, 1.807) is 24.5 Å². The van der Waals surface area contributed by atoms with E-state index in [9.17, 15) is 4.79 Å². The maximum absolute atomic E-state index is 13.0. The number of carbonyl (C=O) groups excluding carboxylic acids is 1. The van der Waals surface area contributed by atoms with Crippen LogP contribution in [0, 0.1) is 6.92 Å². The summed E-state index contributed by atoms with van der Waals surface area (Å²) < 4.78 is 28.3. The number of ether oxygens (including phenoxy) is 4. The quantitative estimate of drug-likeness (QED) is 0.589. The van der Waals surface area contributed by atoms with E-state index in [1.165, 1.54) is 0 Å². The highest BCUT2D eigenvalue weighted by Gasteiger charge is 2.35. The van der Waals surface area contributed by atoms with Gasteiger partial charge in [0.1, 0.15) is 24.0 Å². The second kappa shape index (κ2) is 6.92. The molecule has 0 saturated heterocycles. The number of benzene rings is 2. The van der Waals surface area contributed by atoms with Crippen LogP contribution in [0.5, 0.6) is 23.0 Å². The van der Waals surface area contributed by atoms with Gasteiger partial charge in [0.2, 0.25) is 12.6 Å². The summed E-state index contributed by atoms with van der Waals surface area (Å²) in [6, 6.07) is 11.4. The van der Waals surface area contributed by atoms with Crippen molar-refractivity contribution in [3.8, 4) is 23.0 Å². The summed E-state index contributed by atoms with van der Waals surface area (Å²) >= 11 is 0. The Morgan fingerprint density at radius 3 is 2.84 bits per heavy atom.